The third kappa shape index (κ3) is 7.05. The molecule has 1 aromatic carbocycles. The number of amides is 1. The van der Waals surface area contributed by atoms with Crippen LogP contribution >= 0.6 is 11.8 Å². The lowest BCUT2D eigenvalue weighted by atomic mass is 9.78. The number of anilines is 1. The average molecular weight is 657 g/mol. The minimum Gasteiger partial charge on any atom is -0.497 e. The third-order valence-corrected chi connectivity index (χ3v) is 16.6. The minimum atomic E-state index is -2.23. The van der Waals surface area contributed by atoms with Gasteiger partial charge >= 0.3 is 0 Å². The van der Waals surface area contributed by atoms with Crippen molar-refractivity contribution in [3.63, 3.8) is 0 Å². The van der Waals surface area contributed by atoms with E-state index in [1.807, 2.05) is 18.4 Å². The molecule has 248 valence electrons. The van der Waals surface area contributed by atoms with E-state index < -0.39 is 19.9 Å². The zero-order valence-electron chi connectivity index (χ0n) is 28.6. The quantitative estimate of drug-likeness (QED) is 0.136. The number of carbonyl (C=O) groups is 2. The fraction of sp³-hybridized carbons (Fsp3) is 0.647. The molecule has 1 amide bonds. The Hall–Kier alpha value is -2.63. The highest BCUT2D eigenvalue weighted by molar-refractivity contribution is 7.98. The van der Waals surface area contributed by atoms with E-state index in [0.717, 1.165) is 37.7 Å². The molecule has 0 saturated heterocycles. The van der Waals surface area contributed by atoms with Crippen LogP contribution in [0.5, 0.6) is 11.5 Å². The Morgan fingerprint density at radius 1 is 1.07 bits per heavy atom. The number of Topliss-reactive ketones (excluding diaryl/α,β-unsaturated/α-hetero) is 1. The maximum Gasteiger partial charge on any atom is 0.243 e. The number of nitrogens with zero attached hydrogens (tertiary/aromatic N) is 3. The van der Waals surface area contributed by atoms with E-state index in [-0.39, 0.29) is 24.7 Å². The van der Waals surface area contributed by atoms with Gasteiger partial charge in [0.25, 0.3) is 0 Å². The van der Waals surface area contributed by atoms with Crippen molar-refractivity contribution in [2.75, 3.05) is 32.0 Å². The number of hydrogen-bond acceptors (Lipinski definition) is 9. The number of ether oxygens (including phenoxy) is 2. The lowest BCUT2D eigenvalue weighted by molar-refractivity contribution is -0.123. The van der Waals surface area contributed by atoms with Gasteiger partial charge in [0.2, 0.25) is 5.91 Å². The summed E-state index contributed by atoms with van der Waals surface area (Å²) in [5.74, 6) is 1.54. The molecule has 1 aromatic heterocycles. The molecule has 1 unspecified atom stereocenters. The molecule has 1 fully saturated rings. The number of hydrogen-bond donors (Lipinski definition) is 1. The van der Waals surface area contributed by atoms with Crippen LogP contribution in [0.3, 0.4) is 0 Å². The number of carbonyl (C=O) groups excluding carboxylic acids is 2. The highest BCUT2D eigenvalue weighted by Gasteiger charge is 2.52. The maximum absolute atomic E-state index is 14.3. The van der Waals surface area contributed by atoms with Crippen LogP contribution in [0.4, 0.5) is 5.82 Å². The van der Waals surface area contributed by atoms with Crippen molar-refractivity contribution in [1.82, 2.24) is 15.3 Å². The van der Waals surface area contributed by atoms with Gasteiger partial charge < -0.3 is 24.1 Å². The Labute approximate surface area is 274 Å². The Kier molecular flexibility index (Phi) is 11.6. The second-order valence-electron chi connectivity index (χ2n) is 13.4. The largest absolute Gasteiger partial charge is 0.497 e. The Balaban J connectivity index is 1.78. The molecule has 4 rings (SSSR count). The smallest absolute Gasteiger partial charge is 0.243 e. The molecule has 1 N–H and O–H groups in total. The van der Waals surface area contributed by atoms with Gasteiger partial charge in [-0.15, -0.1) is 0 Å². The number of rotatable bonds is 13. The third-order valence-electron chi connectivity index (χ3n) is 9.99. The number of ketones is 1. The number of fused-ring (bicyclic) bond motifs is 1. The first-order valence-electron chi connectivity index (χ1n) is 16.3. The molecule has 2 aromatic rings. The second-order valence-corrected chi connectivity index (χ2v) is 19.6. The molecule has 11 heteroatoms. The SMILES string of the molecule is COc1ccc(CNC(=O)C2CC(=O)c3cnc(SC)nc3N2C2(CO[Si](C(C)C)(C(C)C)C(C)C)CCCCC2)c(OC)c1. The minimum absolute atomic E-state index is 0.0589. The van der Waals surface area contributed by atoms with Gasteiger partial charge in [0.15, 0.2) is 19.3 Å². The molecule has 0 radical (unpaired) electrons. The summed E-state index contributed by atoms with van der Waals surface area (Å²) < 4.78 is 18.2. The molecule has 1 aliphatic heterocycles. The van der Waals surface area contributed by atoms with Gasteiger partial charge in [0.05, 0.1) is 31.9 Å². The Morgan fingerprint density at radius 2 is 1.73 bits per heavy atom. The van der Waals surface area contributed by atoms with Crippen LogP contribution in [0.2, 0.25) is 16.6 Å². The lowest BCUT2D eigenvalue weighted by Crippen LogP contribution is -2.65. The van der Waals surface area contributed by atoms with Crippen molar-refractivity contribution in [3.05, 3.63) is 35.5 Å². The molecule has 0 spiro atoms. The van der Waals surface area contributed by atoms with E-state index in [2.05, 4.69) is 56.7 Å². The van der Waals surface area contributed by atoms with Crippen LogP contribution in [0.25, 0.3) is 0 Å². The van der Waals surface area contributed by atoms with Gasteiger partial charge in [-0.2, -0.15) is 0 Å². The molecule has 45 heavy (non-hydrogen) atoms. The van der Waals surface area contributed by atoms with E-state index in [1.165, 1.54) is 11.8 Å². The van der Waals surface area contributed by atoms with Crippen LogP contribution in [0.1, 0.15) is 96.0 Å². The molecule has 0 bridgehead atoms. The van der Waals surface area contributed by atoms with Gasteiger partial charge in [-0.25, -0.2) is 9.97 Å². The second kappa shape index (κ2) is 14.9. The molecule has 2 heterocycles. The standard InChI is InChI=1S/C34H52N4O5SSi/c1-22(2)45(23(3)4,24(5)6)43-21-34(15-11-10-12-16-34)38-28(18-29(39)27-20-36-33(44-9)37-31(27)38)32(40)35-19-25-13-14-26(41-7)17-30(25)42-8/h13-14,17,20,22-24,28H,10-12,15-16,18-19,21H2,1-9H3,(H,35,40). The van der Waals surface area contributed by atoms with E-state index in [9.17, 15) is 9.59 Å². The van der Waals surface area contributed by atoms with Crippen LogP contribution in [-0.2, 0) is 15.8 Å². The monoisotopic (exact) mass is 656 g/mol. The molecule has 1 saturated carbocycles. The number of aromatic nitrogens is 2. The normalized spacial score (nSPS) is 18.4. The van der Waals surface area contributed by atoms with Crippen molar-refractivity contribution in [1.29, 1.82) is 0 Å². The van der Waals surface area contributed by atoms with Crippen molar-refractivity contribution in [3.8, 4) is 11.5 Å². The van der Waals surface area contributed by atoms with Crippen LogP contribution in [-0.4, -0.2) is 68.6 Å². The highest BCUT2D eigenvalue weighted by atomic mass is 32.2. The zero-order chi connectivity index (χ0) is 32.9. The summed E-state index contributed by atoms with van der Waals surface area (Å²) in [6.45, 7) is 14.6. The Bertz CT molecular complexity index is 1330. The molecular formula is C34H52N4O5SSi. The van der Waals surface area contributed by atoms with Crippen LogP contribution in [0, 0.1) is 0 Å². The molecular weight excluding hydrogens is 605 g/mol. The first kappa shape index (κ1) is 35.2. The molecule has 1 aliphatic carbocycles. The molecule has 1 atom stereocenters. The number of thioether (sulfide) groups is 1. The fourth-order valence-electron chi connectivity index (χ4n) is 7.85. The highest BCUT2D eigenvalue weighted by Crippen LogP contribution is 2.47. The van der Waals surface area contributed by atoms with Crippen LogP contribution in [0.15, 0.2) is 29.6 Å². The summed E-state index contributed by atoms with van der Waals surface area (Å²) in [4.78, 5) is 39.5. The summed E-state index contributed by atoms with van der Waals surface area (Å²) in [5, 5.41) is 3.72. The number of nitrogens with one attached hydrogen (secondary N) is 1. The zero-order valence-corrected chi connectivity index (χ0v) is 30.4. The summed E-state index contributed by atoms with van der Waals surface area (Å²) in [7, 11) is 0.980. The van der Waals surface area contributed by atoms with Crippen molar-refractivity contribution >= 4 is 37.6 Å². The molecule has 9 nitrogen and oxygen atoms in total. The lowest BCUT2D eigenvalue weighted by Gasteiger charge is -2.54. The van der Waals surface area contributed by atoms with Crippen molar-refractivity contribution in [2.45, 2.75) is 120 Å². The van der Waals surface area contributed by atoms with E-state index in [0.29, 0.717) is 51.3 Å². The number of methoxy groups -OCH3 is 2. The van der Waals surface area contributed by atoms with Crippen molar-refractivity contribution < 1.29 is 23.5 Å². The van der Waals surface area contributed by atoms with Gasteiger partial charge in [0, 0.05) is 30.8 Å². The van der Waals surface area contributed by atoms with Gasteiger partial charge in [-0.05, 0) is 47.9 Å². The average Bonchev–Trinajstić information content (AvgIpc) is 3.03. The summed E-state index contributed by atoms with van der Waals surface area (Å²) >= 11 is 1.43. The predicted molar refractivity (Wildman–Crippen MR) is 183 cm³/mol. The van der Waals surface area contributed by atoms with E-state index >= 15 is 0 Å². The van der Waals surface area contributed by atoms with E-state index in [1.54, 1.807) is 26.5 Å². The Morgan fingerprint density at radius 3 is 2.31 bits per heavy atom. The first-order valence-corrected chi connectivity index (χ1v) is 19.7. The van der Waals surface area contributed by atoms with Gasteiger partial charge in [0.1, 0.15) is 23.4 Å². The fourth-order valence-corrected chi connectivity index (χ4v) is 13.7. The van der Waals surface area contributed by atoms with Crippen molar-refractivity contribution in [2.24, 2.45) is 0 Å². The predicted octanol–water partition coefficient (Wildman–Crippen LogP) is 7.19. The topological polar surface area (TPSA) is 103 Å². The van der Waals surface area contributed by atoms with E-state index in [4.69, 9.17) is 18.9 Å². The van der Waals surface area contributed by atoms with Gasteiger partial charge in [-0.3, -0.25) is 9.59 Å². The summed E-state index contributed by atoms with van der Waals surface area (Å²) in [6, 6.07) is 4.81. The number of benzene rings is 1. The van der Waals surface area contributed by atoms with Gasteiger partial charge in [-0.1, -0.05) is 72.6 Å². The first-order chi connectivity index (χ1) is 21.4. The molecule has 2 aliphatic rings. The maximum atomic E-state index is 14.3. The summed E-state index contributed by atoms with van der Waals surface area (Å²) in [5.41, 5.74) is 2.12. The van der Waals surface area contributed by atoms with Crippen LogP contribution < -0.4 is 19.7 Å². The summed E-state index contributed by atoms with van der Waals surface area (Å²) in [6.07, 6.45) is 8.56.